The fraction of sp³-hybridized carbons (Fsp3) is 0.529. The first-order valence-corrected chi connectivity index (χ1v) is 7.53. The molecule has 2 rings (SSSR count). The van der Waals surface area contributed by atoms with E-state index in [0.717, 1.165) is 25.1 Å². The first-order valence-electron chi connectivity index (χ1n) is 7.53. The summed E-state index contributed by atoms with van der Waals surface area (Å²) >= 11 is 0. The second kappa shape index (κ2) is 6.29. The number of para-hydroxylation sites is 1. The number of nitrogens with zero attached hydrogens (tertiary/aromatic N) is 1. The molecule has 2 amide bonds. The molecule has 1 aliphatic heterocycles. The van der Waals surface area contributed by atoms with Crippen LogP contribution in [-0.2, 0) is 9.59 Å². The van der Waals surface area contributed by atoms with Gasteiger partial charge in [0.15, 0.2) is 0 Å². The van der Waals surface area contributed by atoms with Crippen LogP contribution in [0.15, 0.2) is 30.3 Å². The number of hydrogen-bond acceptors (Lipinski definition) is 2. The molecule has 0 saturated carbocycles. The number of amides is 2. The lowest BCUT2D eigenvalue weighted by Crippen LogP contribution is -2.47. The fourth-order valence-corrected chi connectivity index (χ4v) is 2.62. The third kappa shape index (κ3) is 4.06. The van der Waals surface area contributed by atoms with Gasteiger partial charge in [0.1, 0.15) is 0 Å². The molecule has 21 heavy (non-hydrogen) atoms. The SMILES string of the molecule is CC(C)(C)C(=O)N1CCC[C@H](C(=O)Nc2ccccc2)C1. The van der Waals surface area contributed by atoms with E-state index in [9.17, 15) is 9.59 Å². The molecule has 1 aromatic rings. The van der Waals surface area contributed by atoms with Crippen LogP contribution in [0.5, 0.6) is 0 Å². The van der Waals surface area contributed by atoms with Crippen LogP contribution in [0.2, 0.25) is 0 Å². The van der Waals surface area contributed by atoms with Crippen LogP contribution in [0.25, 0.3) is 0 Å². The molecule has 0 aliphatic carbocycles. The quantitative estimate of drug-likeness (QED) is 0.909. The van der Waals surface area contributed by atoms with Crippen LogP contribution in [0.3, 0.4) is 0 Å². The molecule has 1 saturated heterocycles. The fourth-order valence-electron chi connectivity index (χ4n) is 2.62. The Balaban J connectivity index is 1.98. The van der Waals surface area contributed by atoms with Crippen molar-refractivity contribution < 1.29 is 9.59 Å². The third-order valence-corrected chi connectivity index (χ3v) is 3.76. The zero-order chi connectivity index (χ0) is 15.5. The standard InChI is InChI=1S/C17H24N2O2/c1-17(2,3)16(21)19-11-7-8-13(12-19)15(20)18-14-9-5-4-6-10-14/h4-6,9-10,13H,7-8,11-12H2,1-3H3,(H,18,20)/t13-/m0/s1. The number of hydrogen-bond donors (Lipinski definition) is 1. The highest BCUT2D eigenvalue weighted by atomic mass is 16.2. The average Bonchev–Trinajstić information content (AvgIpc) is 2.46. The van der Waals surface area contributed by atoms with Crippen molar-refractivity contribution in [1.82, 2.24) is 4.90 Å². The third-order valence-electron chi connectivity index (χ3n) is 3.76. The van der Waals surface area contributed by atoms with Crippen molar-refractivity contribution in [2.24, 2.45) is 11.3 Å². The molecule has 4 heteroatoms. The van der Waals surface area contributed by atoms with Crippen LogP contribution < -0.4 is 5.32 Å². The van der Waals surface area contributed by atoms with Gasteiger partial charge in [-0.1, -0.05) is 39.0 Å². The number of piperidine rings is 1. The van der Waals surface area contributed by atoms with E-state index in [-0.39, 0.29) is 17.7 Å². The average molecular weight is 288 g/mol. The van der Waals surface area contributed by atoms with E-state index in [1.54, 1.807) is 0 Å². The number of carbonyl (C=O) groups excluding carboxylic acids is 2. The molecule has 1 atom stereocenters. The Bertz CT molecular complexity index is 505. The maximum absolute atomic E-state index is 12.3. The van der Waals surface area contributed by atoms with E-state index < -0.39 is 5.41 Å². The minimum Gasteiger partial charge on any atom is -0.341 e. The second-order valence-corrected chi connectivity index (χ2v) is 6.70. The Labute approximate surface area is 126 Å². The molecular weight excluding hydrogens is 264 g/mol. The Kier molecular flexibility index (Phi) is 4.66. The molecule has 1 heterocycles. The van der Waals surface area contributed by atoms with Crippen molar-refractivity contribution in [3.8, 4) is 0 Å². The Morgan fingerprint density at radius 2 is 1.86 bits per heavy atom. The number of likely N-dealkylation sites (tertiary alicyclic amines) is 1. The van der Waals surface area contributed by atoms with Gasteiger partial charge in [0, 0.05) is 24.2 Å². The van der Waals surface area contributed by atoms with Crippen LogP contribution in [0.4, 0.5) is 5.69 Å². The minimum atomic E-state index is -0.391. The summed E-state index contributed by atoms with van der Waals surface area (Å²) in [6, 6.07) is 9.45. The summed E-state index contributed by atoms with van der Waals surface area (Å²) in [4.78, 5) is 26.5. The van der Waals surface area contributed by atoms with Crippen LogP contribution in [0, 0.1) is 11.3 Å². The predicted molar refractivity (Wildman–Crippen MR) is 83.8 cm³/mol. The van der Waals surface area contributed by atoms with Gasteiger partial charge < -0.3 is 10.2 Å². The first-order chi connectivity index (χ1) is 9.88. The number of rotatable bonds is 2. The maximum Gasteiger partial charge on any atom is 0.229 e. The van der Waals surface area contributed by atoms with E-state index in [2.05, 4.69) is 5.32 Å². The molecule has 0 radical (unpaired) electrons. The molecule has 4 nitrogen and oxygen atoms in total. The highest BCUT2D eigenvalue weighted by Crippen LogP contribution is 2.24. The molecule has 1 aliphatic rings. The van der Waals surface area contributed by atoms with Gasteiger partial charge >= 0.3 is 0 Å². The van der Waals surface area contributed by atoms with Crippen molar-refractivity contribution in [3.05, 3.63) is 30.3 Å². The zero-order valence-electron chi connectivity index (χ0n) is 13.1. The summed E-state index contributed by atoms with van der Waals surface area (Å²) < 4.78 is 0. The van der Waals surface area contributed by atoms with Crippen molar-refractivity contribution in [2.75, 3.05) is 18.4 Å². The number of nitrogens with one attached hydrogen (secondary N) is 1. The molecule has 114 valence electrons. The lowest BCUT2D eigenvalue weighted by Gasteiger charge is -2.35. The Morgan fingerprint density at radius 3 is 2.48 bits per heavy atom. The smallest absolute Gasteiger partial charge is 0.229 e. The van der Waals surface area contributed by atoms with Crippen LogP contribution in [0.1, 0.15) is 33.6 Å². The van der Waals surface area contributed by atoms with Gasteiger partial charge in [-0.15, -0.1) is 0 Å². The summed E-state index contributed by atoms with van der Waals surface area (Å²) in [7, 11) is 0. The number of carbonyl (C=O) groups is 2. The summed E-state index contributed by atoms with van der Waals surface area (Å²) in [5.41, 5.74) is 0.416. The van der Waals surface area contributed by atoms with E-state index in [4.69, 9.17) is 0 Å². The highest BCUT2D eigenvalue weighted by molar-refractivity contribution is 5.93. The maximum atomic E-state index is 12.3. The molecule has 1 N–H and O–H groups in total. The van der Waals surface area contributed by atoms with Gasteiger partial charge in [-0.05, 0) is 25.0 Å². The molecular formula is C17H24N2O2. The van der Waals surface area contributed by atoms with Crippen molar-refractivity contribution in [1.29, 1.82) is 0 Å². The van der Waals surface area contributed by atoms with E-state index >= 15 is 0 Å². The number of benzene rings is 1. The summed E-state index contributed by atoms with van der Waals surface area (Å²) in [6.07, 6.45) is 1.72. The molecule has 0 spiro atoms. The lowest BCUT2D eigenvalue weighted by molar-refractivity contribution is -0.142. The largest absolute Gasteiger partial charge is 0.341 e. The van der Waals surface area contributed by atoms with Crippen molar-refractivity contribution >= 4 is 17.5 Å². The topological polar surface area (TPSA) is 49.4 Å². The monoisotopic (exact) mass is 288 g/mol. The van der Waals surface area contributed by atoms with Gasteiger partial charge in [-0.25, -0.2) is 0 Å². The van der Waals surface area contributed by atoms with E-state index in [1.165, 1.54) is 0 Å². The number of anilines is 1. The van der Waals surface area contributed by atoms with E-state index in [0.29, 0.717) is 6.54 Å². The molecule has 0 bridgehead atoms. The van der Waals surface area contributed by atoms with Gasteiger partial charge in [-0.2, -0.15) is 0 Å². The first kappa shape index (κ1) is 15.5. The molecule has 1 aromatic carbocycles. The lowest BCUT2D eigenvalue weighted by atomic mass is 9.91. The van der Waals surface area contributed by atoms with Gasteiger partial charge in [0.25, 0.3) is 0 Å². The highest BCUT2D eigenvalue weighted by Gasteiger charge is 2.33. The summed E-state index contributed by atoms with van der Waals surface area (Å²) in [5.74, 6) is 0.0116. The predicted octanol–water partition coefficient (Wildman–Crippen LogP) is 2.91. The molecule has 0 unspecified atom stereocenters. The summed E-state index contributed by atoms with van der Waals surface area (Å²) in [5, 5.41) is 2.93. The zero-order valence-corrected chi connectivity index (χ0v) is 13.1. The van der Waals surface area contributed by atoms with Gasteiger partial charge in [-0.3, -0.25) is 9.59 Å². The Hall–Kier alpha value is -1.84. The van der Waals surface area contributed by atoms with Crippen LogP contribution >= 0.6 is 0 Å². The molecule has 1 fully saturated rings. The Morgan fingerprint density at radius 1 is 1.19 bits per heavy atom. The second-order valence-electron chi connectivity index (χ2n) is 6.70. The van der Waals surface area contributed by atoms with E-state index in [1.807, 2.05) is 56.0 Å². The van der Waals surface area contributed by atoms with Gasteiger partial charge in [0.2, 0.25) is 11.8 Å². The van der Waals surface area contributed by atoms with Gasteiger partial charge in [0.05, 0.1) is 5.92 Å². The van der Waals surface area contributed by atoms with Crippen LogP contribution in [-0.4, -0.2) is 29.8 Å². The minimum absolute atomic E-state index is 0.00705. The summed E-state index contributed by atoms with van der Waals surface area (Å²) in [6.45, 7) is 7.04. The van der Waals surface area contributed by atoms with Crippen molar-refractivity contribution in [3.63, 3.8) is 0 Å². The molecule has 0 aromatic heterocycles. The normalized spacial score (nSPS) is 19.2. The van der Waals surface area contributed by atoms with Crippen molar-refractivity contribution in [2.45, 2.75) is 33.6 Å².